The van der Waals surface area contributed by atoms with Crippen LogP contribution in [-0.4, -0.2) is 23.7 Å². The van der Waals surface area contributed by atoms with Crippen LogP contribution in [0.25, 0.3) is 0 Å². The van der Waals surface area contributed by atoms with Gasteiger partial charge in [0.1, 0.15) is 0 Å². The zero-order chi connectivity index (χ0) is 13.7. The fourth-order valence-electron chi connectivity index (χ4n) is 2.48. The van der Waals surface area contributed by atoms with E-state index in [0.717, 1.165) is 6.42 Å². The number of hydrogen-bond acceptors (Lipinski definition) is 2. The van der Waals surface area contributed by atoms with Gasteiger partial charge in [0.25, 0.3) is 0 Å². The van der Waals surface area contributed by atoms with Crippen LogP contribution in [-0.2, 0) is 11.2 Å². The molecule has 0 bridgehead atoms. The number of carbonyl (C=O) groups is 1. The van der Waals surface area contributed by atoms with Gasteiger partial charge in [-0.1, -0.05) is 24.3 Å². The van der Waals surface area contributed by atoms with Gasteiger partial charge in [0.2, 0.25) is 5.91 Å². The van der Waals surface area contributed by atoms with Crippen LogP contribution in [0.2, 0.25) is 0 Å². The molecule has 2 N–H and O–H groups in total. The molecular formula is C16H23NO2. The summed E-state index contributed by atoms with van der Waals surface area (Å²) in [5.74, 6) is 0.697. The zero-order valence-electron chi connectivity index (χ0n) is 11.6. The summed E-state index contributed by atoms with van der Waals surface area (Å²) in [7, 11) is 0. The van der Waals surface area contributed by atoms with E-state index in [2.05, 4.69) is 24.4 Å². The Labute approximate surface area is 115 Å². The normalized spacial score (nSPS) is 16.1. The molecule has 1 atom stereocenters. The average molecular weight is 261 g/mol. The van der Waals surface area contributed by atoms with Crippen LogP contribution >= 0.6 is 0 Å². The molecule has 1 aromatic rings. The molecule has 1 amide bonds. The number of rotatable bonds is 7. The van der Waals surface area contributed by atoms with Crippen molar-refractivity contribution in [3.8, 4) is 0 Å². The summed E-state index contributed by atoms with van der Waals surface area (Å²) in [5, 5.41) is 12.1. The number of amides is 1. The number of hydrogen-bond donors (Lipinski definition) is 2. The van der Waals surface area contributed by atoms with Crippen LogP contribution in [0.5, 0.6) is 0 Å². The molecule has 104 valence electrons. The highest BCUT2D eigenvalue weighted by Crippen LogP contribution is 2.33. The Morgan fingerprint density at radius 3 is 2.79 bits per heavy atom. The van der Waals surface area contributed by atoms with Crippen LogP contribution in [0.4, 0.5) is 0 Å². The summed E-state index contributed by atoms with van der Waals surface area (Å²) >= 11 is 0. The first-order chi connectivity index (χ1) is 9.20. The van der Waals surface area contributed by atoms with Gasteiger partial charge in [-0.25, -0.2) is 0 Å². The van der Waals surface area contributed by atoms with E-state index in [1.807, 2.05) is 12.1 Å². The van der Waals surface area contributed by atoms with Crippen LogP contribution in [0.3, 0.4) is 0 Å². The predicted molar refractivity (Wildman–Crippen MR) is 75.9 cm³/mol. The minimum Gasteiger partial charge on any atom is -0.396 e. The Balaban J connectivity index is 1.79. The van der Waals surface area contributed by atoms with Gasteiger partial charge < -0.3 is 10.4 Å². The van der Waals surface area contributed by atoms with E-state index in [1.165, 1.54) is 24.0 Å². The second-order valence-corrected chi connectivity index (χ2v) is 5.45. The molecule has 1 aromatic carbocycles. The van der Waals surface area contributed by atoms with Gasteiger partial charge in [-0.05, 0) is 49.7 Å². The van der Waals surface area contributed by atoms with Gasteiger partial charge in [0.05, 0.1) is 0 Å². The van der Waals surface area contributed by atoms with E-state index in [-0.39, 0.29) is 18.6 Å². The average Bonchev–Trinajstić information content (AvgIpc) is 3.21. The lowest BCUT2D eigenvalue weighted by atomic mass is 10.0. The Morgan fingerprint density at radius 2 is 2.16 bits per heavy atom. The largest absolute Gasteiger partial charge is 0.396 e. The Kier molecular flexibility index (Phi) is 4.97. The molecular weight excluding hydrogens is 238 g/mol. The quantitative estimate of drug-likeness (QED) is 0.790. The summed E-state index contributed by atoms with van der Waals surface area (Å²) in [6.45, 7) is 2.23. The molecule has 0 spiro atoms. The van der Waals surface area contributed by atoms with Crippen LogP contribution in [0.1, 0.15) is 36.8 Å². The molecule has 1 unspecified atom stereocenters. The monoisotopic (exact) mass is 261 g/mol. The predicted octanol–water partition coefficient (Wildman–Crippen LogP) is 2.20. The molecule has 3 heteroatoms. The minimum atomic E-state index is 0.105. The molecule has 19 heavy (non-hydrogen) atoms. The van der Waals surface area contributed by atoms with Crippen molar-refractivity contribution in [1.29, 1.82) is 0 Å². The highest BCUT2D eigenvalue weighted by atomic mass is 16.3. The van der Waals surface area contributed by atoms with E-state index in [9.17, 15) is 4.79 Å². The van der Waals surface area contributed by atoms with Crippen molar-refractivity contribution in [2.24, 2.45) is 5.92 Å². The van der Waals surface area contributed by atoms with Crippen molar-refractivity contribution >= 4 is 5.91 Å². The molecule has 0 saturated heterocycles. The molecule has 1 aliphatic rings. The van der Waals surface area contributed by atoms with Gasteiger partial charge in [-0.2, -0.15) is 0 Å². The van der Waals surface area contributed by atoms with E-state index >= 15 is 0 Å². The summed E-state index contributed by atoms with van der Waals surface area (Å²) in [6.07, 6.45) is 4.36. The second-order valence-electron chi connectivity index (χ2n) is 5.45. The van der Waals surface area contributed by atoms with Crippen molar-refractivity contribution < 1.29 is 9.90 Å². The maximum Gasteiger partial charge on any atom is 0.220 e. The number of benzene rings is 1. The lowest BCUT2D eigenvalue weighted by molar-refractivity contribution is -0.122. The minimum absolute atomic E-state index is 0.105. The number of nitrogens with one attached hydrogen (secondary N) is 1. The topological polar surface area (TPSA) is 49.3 Å². The lowest BCUT2D eigenvalue weighted by Gasteiger charge is -2.17. The van der Waals surface area contributed by atoms with E-state index in [4.69, 9.17) is 5.11 Å². The first-order valence-electron chi connectivity index (χ1n) is 7.15. The lowest BCUT2D eigenvalue weighted by Crippen LogP contribution is -2.37. The zero-order valence-corrected chi connectivity index (χ0v) is 11.6. The molecule has 2 rings (SSSR count). The van der Waals surface area contributed by atoms with Crippen molar-refractivity contribution in [3.05, 3.63) is 35.4 Å². The van der Waals surface area contributed by atoms with Gasteiger partial charge in [0, 0.05) is 19.1 Å². The number of carbonyl (C=O) groups excluding carboxylic acids is 1. The molecule has 0 radical (unpaired) electrons. The Morgan fingerprint density at radius 1 is 1.42 bits per heavy atom. The third-order valence-corrected chi connectivity index (χ3v) is 3.86. The maximum atomic E-state index is 12.0. The van der Waals surface area contributed by atoms with Crippen LogP contribution in [0.15, 0.2) is 24.3 Å². The van der Waals surface area contributed by atoms with Crippen molar-refractivity contribution in [3.63, 3.8) is 0 Å². The Hall–Kier alpha value is -1.35. The molecule has 3 nitrogen and oxygen atoms in total. The number of aliphatic hydroxyl groups is 1. The van der Waals surface area contributed by atoms with Crippen LogP contribution in [0, 0.1) is 12.8 Å². The SMILES string of the molecule is Cc1ccccc1CCC(=O)NC(CCO)C1CC1. The van der Waals surface area contributed by atoms with Crippen molar-refractivity contribution in [2.75, 3.05) is 6.61 Å². The molecule has 0 heterocycles. The number of aryl methyl sites for hydroxylation is 2. The van der Waals surface area contributed by atoms with E-state index in [0.29, 0.717) is 18.8 Å². The fraction of sp³-hybridized carbons (Fsp3) is 0.562. The maximum absolute atomic E-state index is 12.0. The van der Waals surface area contributed by atoms with E-state index < -0.39 is 0 Å². The molecule has 1 fully saturated rings. The number of aliphatic hydroxyl groups excluding tert-OH is 1. The molecule has 1 saturated carbocycles. The highest BCUT2D eigenvalue weighted by Gasteiger charge is 2.31. The summed E-state index contributed by atoms with van der Waals surface area (Å²) in [6, 6.07) is 8.36. The second kappa shape index (κ2) is 6.71. The summed E-state index contributed by atoms with van der Waals surface area (Å²) < 4.78 is 0. The summed E-state index contributed by atoms with van der Waals surface area (Å²) in [4.78, 5) is 12.0. The van der Waals surface area contributed by atoms with Gasteiger partial charge in [0.15, 0.2) is 0 Å². The summed E-state index contributed by atoms with van der Waals surface area (Å²) in [5.41, 5.74) is 2.48. The van der Waals surface area contributed by atoms with E-state index in [1.54, 1.807) is 0 Å². The van der Waals surface area contributed by atoms with Gasteiger partial charge in [-0.3, -0.25) is 4.79 Å². The van der Waals surface area contributed by atoms with Crippen molar-refractivity contribution in [2.45, 2.75) is 45.1 Å². The first kappa shape index (κ1) is 14.1. The molecule has 1 aliphatic carbocycles. The molecule has 0 aromatic heterocycles. The third kappa shape index (κ3) is 4.35. The highest BCUT2D eigenvalue weighted by molar-refractivity contribution is 5.76. The fourth-order valence-corrected chi connectivity index (χ4v) is 2.48. The van der Waals surface area contributed by atoms with Gasteiger partial charge in [-0.15, -0.1) is 0 Å². The third-order valence-electron chi connectivity index (χ3n) is 3.86. The first-order valence-corrected chi connectivity index (χ1v) is 7.15. The molecule has 0 aliphatic heterocycles. The van der Waals surface area contributed by atoms with Crippen LogP contribution < -0.4 is 5.32 Å². The van der Waals surface area contributed by atoms with Crippen molar-refractivity contribution in [1.82, 2.24) is 5.32 Å². The standard InChI is InChI=1S/C16H23NO2/c1-12-4-2-3-5-13(12)8-9-16(19)17-15(10-11-18)14-6-7-14/h2-5,14-15,18H,6-11H2,1H3,(H,17,19). The Bertz CT molecular complexity index is 427. The smallest absolute Gasteiger partial charge is 0.220 e. The van der Waals surface area contributed by atoms with Gasteiger partial charge >= 0.3 is 0 Å².